The van der Waals surface area contributed by atoms with E-state index in [0.29, 0.717) is 34.3 Å². The molecule has 1 aliphatic heterocycles. The number of nitrogens with one attached hydrogen (secondary N) is 1. The fraction of sp³-hybridized carbons (Fsp3) is 0.333. The Kier molecular flexibility index (Phi) is 4.06. The maximum atomic E-state index is 12.5. The van der Waals surface area contributed by atoms with Gasteiger partial charge in [-0.3, -0.25) is 9.78 Å². The van der Waals surface area contributed by atoms with Gasteiger partial charge in [0.25, 0.3) is 5.91 Å². The van der Waals surface area contributed by atoms with Crippen LogP contribution in [0.3, 0.4) is 0 Å². The van der Waals surface area contributed by atoms with Crippen LogP contribution in [-0.2, 0) is 9.84 Å². The van der Waals surface area contributed by atoms with Crippen molar-refractivity contribution in [3.8, 4) is 0 Å². The molecular weight excluding hydrogens is 324 g/mol. The molecule has 1 amide bonds. The number of aromatic nitrogens is 1. The summed E-state index contributed by atoms with van der Waals surface area (Å²) in [6, 6.07) is 6.47. The van der Waals surface area contributed by atoms with E-state index < -0.39 is 9.84 Å². The van der Waals surface area contributed by atoms with Crippen molar-refractivity contribution in [1.82, 2.24) is 10.3 Å². The number of hydrogen-bond donors (Lipinski definition) is 1. The Labute approximate surface area is 133 Å². The molecule has 5 nitrogen and oxygen atoms in total. The number of nitrogens with zero attached hydrogens (tertiary/aromatic N) is 1. The highest BCUT2D eigenvalue weighted by atomic mass is 35.5. The van der Waals surface area contributed by atoms with E-state index in [2.05, 4.69) is 10.3 Å². The first kappa shape index (κ1) is 15.2. The molecule has 1 atom stereocenters. The van der Waals surface area contributed by atoms with Crippen molar-refractivity contribution in [2.24, 2.45) is 0 Å². The number of rotatable bonds is 2. The number of halogens is 1. The Balaban J connectivity index is 1.88. The van der Waals surface area contributed by atoms with Crippen LogP contribution in [0.2, 0.25) is 5.02 Å². The molecule has 7 heteroatoms. The highest BCUT2D eigenvalue weighted by Gasteiger charge is 2.26. The second kappa shape index (κ2) is 5.85. The van der Waals surface area contributed by atoms with Gasteiger partial charge < -0.3 is 5.32 Å². The van der Waals surface area contributed by atoms with E-state index in [1.54, 1.807) is 30.5 Å². The SMILES string of the molecule is O=C(NC1CCCS(=O)(=O)C1)c1ccc(Cl)c2cccnc12. The average Bonchev–Trinajstić information content (AvgIpc) is 2.46. The van der Waals surface area contributed by atoms with Gasteiger partial charge in [0.15, 0.2) is 9.84 Å². The van der Waals surface area contributed by atoms with Crippen LogP contribution < -0.4 is 5.32 Å². The fourth-order valence-electron chi connectivity index (χ4n) is 2.72. The van der Waals surface area contributed by atoms with Crippen molar-refractivity contribution in [2.75, 3.05) is 11.5 Å². The van der Waals surface area contributed by atoms with Gasteiger partial charge in [0.1, 0.15) is 0 Å². The second-order valence-electron chi connectivity index (χ2n) is 5.42. The van der Waals surface area contributed by atoms with Crippen molar-refractivity contribution in [2.45, 2.75) is 18.9 Å². The van der Waals surface area contributed by atoms with Gasteiger partial charge in [-0.1, -0.05) is 11.6 Å². The predicted molar refractivity (Wildman–Crippen MR) is 85.9 cm³/mol. The molecule has 1 saturated heterocycles. The van der Waals surface area contributed by atoms with Crippen LogP contribution >= 0.6 is 11.6 Å². The third-order valence-electron chi connectivity index (χ3n) is 3.76. The summed E-state index contributed by atoms with van der Waals surface area (Å²) in [6.07, 6.45) is 2.84. The Morgan fingerprint density at radius 1 is 1.32 bits per heavy atom. The van der Waals surface area contributed by atoms with E-state index in [0.717, 1.165) is 0 Å². The van der Waals surface area contributed by atoms with Crippen molar-refractivity contribution in [1.29, 1.82) is 0 Å². The van der Waals surface area contributed by atoms with Gasteiger partial charge in [-0.25, -0.2) is 8.42 Å². The van der Waals surface area contributed by atoms with Crippen LogP contribution in [0.1, 0.15) is 23.2 Å². The van der Waals surface area contributed by atoms with Crippen molar-refractivity contribution >= 4 is 38.2 Å². The molecular formula is C15H15ClN2O3S. The molecule has 0 aliphatic carbocycles. The lowest BCUT2D eigenvalue weighted by molar-refractivity contribution is 0.0940. The smallest absolute Gasteiger partial charge is 0.253 e. The molecule has 1 N–H and O–H groups in total. The number of hydrogen-bond acceptors (Lipinski definition) is 4. The van der Waals surface area contributed by atoms with E-state index in [9.17, 15) is 13.2 Å². The standard InChI is InChI=1S/C15H15ClN2O3S/c16-13-6-5-12(14-11(13)4-1-7-17-14)15(19)18-10-3-2-8-22(20,21)9-10/h1,4-7,10H,2-3,8-9H2,(H,18,19). The summed E-state index contributed by atoms with van der Waals surface area (Å²) in [4.78, 5) is 16.7. The first-order chi connectivity index (χ1) is 10.5. The Morgan fingerprint density at radius 2 is 2.14 bits per heavy atom. The third-order valence-corrected chi connectivity index (χ3v) is 5.91. The zero-order chi connectivity index (χ0) is 15.7. The predicted octanol–water partition coefficient (Wildman–Crippen LogP) is 2.20. The van der Waals surface area contributed by atoms with Gasteiger partial charge in [0.2, 0.25) is 0 Å². The summed E-state index contributed by atoms with van der Waals surface area (Å²) in [5.41, 5.74) is 0.925. The Morgan fingerprint density at radius 3 is 2.91 bits per heavy atom. The highest BCUT2D eigenvalue weighted by molar-refractivity contribution is 7.91. The number of sulfone groups is 1. The summed E-state index contributed by atoms with van der Waals surface area (Å²) in [6.45, 7) is 0. The molecule has 0 radical (unpaired) electrons. The minimum absolute atomic E-state index is 0.00229. The first-order valence-corrected chi connectivity index (χ1v) is 9.21. The molecule has 1 aliphatic rings. The average molecular weight is 339 g/mol. The van der Waals surface area contributed by atoms with Gasteiger partial charge in [0, 0.05) is 17.6 Å². The lowest BCUT2D eigenvalue weighted by Crippen LogP contribution is -2.43. The van der Waals surface area contributed by atoms with E-state index in [-0.39, 0.29) is 23.5 Å². The molecule has 0 saturated carbocycles. The second-order valence-corrected chi connectivity index (χ2v) is 8.06. The number of carbonyl (C=O) groups is 1. The summed E-state index contributed by atoms with van der Waals surface area (Å²) < 4.78 is 23.3. The Hall–Kier alpha value is -1.66. The highest BCUT2D eigenvalue weighted by Crippen LogP contribution is 2.25. The summed E-state index contributed by atoms with van der Waals surface area (Å²) in [5.74, 6) is -0.120. The lowest BCUT2D eigenvalue weighted by atomic mass is 10.1. The largest absolute Gasteiger partial charge is 0.348 e. The first-order valence-electron chi connectivity index (χ1n) is 7.01. The number of carbonyl (C=O) groups excluding carboxylic acids is 1. The summed E-state index contributed by atoms with van der Waals surface area (Å²) >= 11 is 6.11. The van der Waals surface area contributed by atoms with E-state index in [4.69, 9.17) is 11.6 Å². The molecule has 1 aromatic heterocycles. The lowest BCUT2D eigenvalue weighted by Gasteiger charge is -2.23. The minimum atomic E-state index is -3.06. The molecule has 1 unspecified atom stereocenters. The molecule has 0 bridgehead atoms. The number of benzene rings is 1. The molecule has 1 fully saturated rings. The molecule has 2 heterocycles. The molecule has 1 aromatic carbocycles. The van der Waals surface area contributed by atoms with Crippen LogP contribution in [0, 0.1) is 0 Å². The van der Waals surface area contributed by atoms with Crippen molar-refractivity contribution in [3.05, 3.63) is 41.0 Å². The quantitative estimate of drug-likeness (QED) is 0.910. The number of pyridine rings is 1. The monoisotopic (exact) mass is 338 g/mol. The topological polar surface area (TPSA) is 76.1 Å². The van der Waals surface area contributed by atoms with E-state index in [1.807, 2.05) is 0 Å². The van der Waals surface area contributed by atoms with Crippen molar-refractivity contribution in [3.63, 3.8) is 0 Å². The van der Waals surface area contributed by atoms with Crippen LogP contribution in [0.15, 0.2) is 30.5 Å². The van der Waals surface area contributed by atoms with E-state index >= 15 is 0 Å². The van der Waals surface area contributed by atoms with Crippen LogP contribution in [-0.4, -0.2) is 36.9 Å². The molecule has 22 heavy (non-hydrogen) atoms. The summed E-state index contributed by atoms with van der Waals surface area (Å²) in [7, 11) is -3.06. The molecule has 0 spiro atoms. The van der Waals surface area contributed by atoms with Crippen molar-refractivity contribution < 1.29 is 13.2 Å². The van der Waals surface area contributed by atoms with Crippen LogP contribution in [0.4, 0.5) is 0 Å². The van der Waals surface area contributed by atoms with Gasteiger partial charge >= 0.3 is 0 Å². The third kappa shape index (κ3) is 3.08. The minimum Gasteiger partial charge on any atom is -0.348 e. The normalized spacial score (nSPS) is 20.7. The van der Waals surface area contributed by atoms with Gasteiger partial charge in [-0.15, -0.1) is 0 Å². The molecule has 2 aromatic rings. The van der Waals surface area contributed by atoms with Gasteiger partial charge in [-0.05, 0) is 37.1 Å². The Bertz CT molecular complexity index is 836. The zero-order valence-electron chi connectivity index (χ0n) is 11.8. The fourth-order valence-corrected chi connectivity index (χ4v) is 4.57. The van der Waals surface area contributed by atoms with Gasteiger partial charge in [-0.2, -0.15) is 0 Å². The van der Waals surface area contributed by atoms with Crippen LogP contribution in [0.25, 0.3) is 10.9 Å². The summed E-state index contributed by atoms with van der Waals surface area (Å²) in [5, 5.41) is 4.03. The molecule has 3 rings (SSSR count). The maximum absolute atomic E-state index is 12.5. The molecule has 116 valence electrons. The van der Waals surface area contributed by atoms with Crippen LogP contribution in [0.5, 0.6) is 0 Å². The zero-order valence-corrected chi connectivity index (χ0v) is 13.3. The number of fused-ring (bicyclic) bond motifs is 1. The number of amides is 1. The maximum Gasteiger partial charge on any atom is 0.253 e. The van der Waals surface area contributed by atoms with Gasteiger partial charge in [0.05, 0.1) is 27.6 Å². The van der Waals surface area contributed by atoms with E-state index in [1.165, 1.54) is 0 Å².